The molecular formula is C29H38N2O8. The van der Waals surface area contributed by atoms with Gasteiger partial charge in [0.25, 0.3) is 0 Å². The molecule has 6 atom stereocenters. The topological polar surface area (TPSA) is 125 Å². The number of rotatable bonds is 12. The van der Waals surface area contributed by atoms with Crippen LogP contribution in [0.3, 0.4) is 0 Å². The number of carbonyl (C=O) groups is 2. The Bertz CT molecular complexity index is 1020. The fourth-order valence-corrected chi connectivity index (χ4v) is 4.65. The Morgan fingerprint density at radius 1 is 0.974 bits per heavy atom. The van der Waals surface area contributed by atoms with Crippen molar-refractivity contribution in [1.29, 1.82) is 0 Å². The van der Waals surface area contributed by atoms with E-state index in [4.69, 9.17) is 23.7 Å². The maximum Gasteiger partial charge on any atom is 0.407 e. The van der Waals surface area contributed by atoms with E-state index in [1.165, 1.54) is 6.92 Å². The van der Waals surface area contributed by atoms with Crippen LogP contribution in [-0.2, 0) is 35.1 Å². The molecule has 2 aliphatic rings. The molecular weight excluding hydrogens is 504 g/mol. The second-order valence-corrected chi connectivity index (χ2v) is 9.71. The zero-order valence-electron chi connectivity index (χ0n) is 22.2. The van der Waals surface area contributed by atoms with Crippen LogP contribution in [0.4, 0.5) is 4.79 Å². The molecule has 2 heterocycles. The van der Waals surface area contributed by atoms with E-state index in [1.54, 1.807) is 0 Å². The number of hydrogen-bond acceptors (Lipinski definition) is 8. The highest BCUT2D eigenvalue weighted by Gasteiger charge is 2.50. The van der Waals surface area contributed by atoms with E-state index in [0.29, 0.717) is 13.2 Å². The fraction of sp³-hybridized carbons (Fsp3) is 0.517. The van der Waals surface area contributed by atoms with Gasteiger partial charge in [0.2, 0.25) is 5.91 Å². The van der Waals surface area contributed by atoms with Gasteiger partial charge in [0.1, 0.15) is 31.0 Å². The molecule has 10 nitrogen and oxygen atoms in total. The Morgan fingerprint density at radius 2 is 1.69 bits per heavy atom. The molecule has 0 spiro atoms. The van der Waals surface area contributed by atoms with Gasteiger partial charge in [0.05, 0.1) is 6.61 Å². The third kappa shape index (κ3) is 8.74. The molecule has 212 valence electrons. The van der Waals surface area contributed by atoms with Crippen molar-refractivity contribution in [2.75, 3.05) is 19.8 Å². The van der Waals surface area contributed by atoms with Crippen molar-refractivity contribution in [3.8, 4) is 0 Å². The van der Waals surface area contributed by atoms with Gasteiger partial charge in [-0.1, -0.05) is 73.5 Å². The molecule has 10 heteroatoms. The first-order valence-corrected chi connectivity index (χ1v) is 13.5. The largest absolute Gasteiger partial charge is 0.445 e. The molecule has 4 rings (SSSR count). The smallest absolute Gasteiger partial charge is 0.407 e. The molecule has 2 saturated heterocycles. The number of aliphatic hydroxyl groups excluding tert-OH is 1. The zero-order valence-corrected chi connectivity index (χ0v) is 22.2. The van der Waals surface area contributed by atoms with E-state index in [-0.39, 0.29) is 19.1 Å². The van der Waals surface area contributed by atoms with E-state index in [0.717, 1.165) is 36.8 Å². The van der Waals surface area contributed by atoms with Gasteiger partial charge in [0, 0.05) is 25.6 Å². The molecule has 2 fully saturated rings. The minimum absolute atomic E-state index is 0.231. The van der Waals surface area contributed by atoms with E-state index in [1.807, 2.05) is 60.7 Å². The van der Waals surface area contributed by atoms with E-state index >= 15 is 0 Å². The standard InChI is InChI=1S/C29H38N2O8/c1-20(32)31-24-25(33)26-23(19-36-27(39-26)22-14-8-5-9-15-22)38-28(24)35-17-11-3-2-10-16-30-29(34)37-18-21-12-6-4-7-13-21/h4-9,12-15,23-28,33H,2-3,10-11,16-19H2,1H3,(H,30,34)(H,31,32)/t23-,24-,25-,26-,27-,28-/m1/s1. The Kier molecular flexibility index (Phi) is 11.1. The van der Waals surface area contributed by atoms with Gasteiger partial charge in [-0.05, 0) is 18.4 Å². The van der Waals surface area contributed by atoms with Crippen molar-refractivity contribution >= 4 is 12.0 Å². The number of ether oxygens (including phenoxy) is 5. The first-order chi connectivity index (χ1) is 19.0. The van der Waals surface area contributed by atoms with Crippen LogP contribution in [0.25, 0.3) is 0 Å². The Hall–Kier alpha value is -3.02. The lowest BCUT2D eigenvalue weighted by molar-refractivity contribution is -0.344. The number of benzene rings is 2. The lowest BCUT2D eigenvalue weighted by atomic mass is 9.95. The minimum atomic E-state index is -1.03. The molecule has 0 aromatic heterocycles. The molecule has 0 radical (unpaired) electrons. The van der Waals surface area contributed by atoms with E-state index < -0.39 is 43.0 Å². The summed E-state index contributed by atoms with van der Waals surface area (Å²) in [6, 6.07) is 18.2. The maximum absolute atomic E-state index is 11.8. The van der Waals surface area contributed by atoms with Crippen molar-refractivity contribution in [1.82, 2.24) is 10.6 Å². The highest BCUT2D eigenvalue weighted by atomic mass is 16.7. The van der Waals surface area contributed by atoms with Crippen molar-refractivity contribution in [3.05, 3.63) is 71.8 Å². The first kappa shape index (κ1) is 29.0. The predicted octanol–water partition coefficient (Wildman–Crippen LogP) is 3.19. The third-order valence-electron chi connectivity index (χ3n) is 6.64. The number of unbranched alkanes of at least 4 members (excludes halogenated alkanes) is 3. The van der Waals surface area contributed by atoms with Gasteiger partial charge in [0.15, 0.2) is 12.6 Å². The summed E-state index contributed by atoms with van der Waals surface area (Å²) in [6.07, 6.45) is -0.740. The van der Waals surface area contributed by atoms with E-state index in [9.17, 15) is 14.7 Å². The Balaban J connectivity index is 1.14. The monoisotopic (exact) mass is 542 g/mol. The average molecular weight is 543 g/mol. The summed E-state index contributed by atoms with van der Waals surface area (Å²) in [5, 5.41) is 16.6. The molecule has 2 amide bonds. The summed E-state index contributed by atoms with van der Waals surface area (Å²) in [7, 11) is 0. The Labute approximate surface area is 228 Å². The van der Waals surface area contributed by atoms with Crippen molar-refractivity contribution in [3.63, 3.8) is 0 Å². The number of carbonyl (C=O) groups excluding carboxylic acids is 2. The molecule has 0 aliphatic carbocycles. The first-order valence-electron chi connectivity index (χ1n) is 13.5. The van der Waals surface area contributed by atoms with Crippen molar-refractivity contribution in [2.24, 2.45) is 0 Å². The summed E-state index contributed by atoms with van der Waals surface area (Å²) in [4.78, 5) is 23.7. The number of alkyl carbamates (subject to hydrolysis) is 1. The van der Waals surface area contributed by atoms with Gasteiger partial charge in [-0.15, -0.1) is 0 Å². The average Bonchev–Trinajstić information content (AvgIpc) is 2.96. The molecule has 0 unspecified atom stereocenters. The van der Waals surface area contributed by atoms with E-state index in [2.05, 4.69) is 10.6 Å². The normalized spacial score (nSPS) is 26.3. The number of amides is 2. The zero-order chi connectivity index (χ0) is 27.5. The lowest BCUT2D eigenvalue weighted by Gasteiger charge is -2.47. The third-order valence-corrected chi connectivity index (χ3v) is 6.64. The van der Waals surface area contributed by atoms with Crippen LogP contribution in [0.15, 0.2) is 60.7 Å². The lowest BCUT2D eigenvalue weighted by Crippen LogP contribution is -2.66. The summed E-state index contributed by atoms with van der Waals surface area (Å²) in [6.45, 7) is 2.79. The maximum atomic E-state index is 11.8. The quantitative estimate of drug-likeness (QED) is 0.350. The van der Waals surface area contributed by atoms with Gasteiger partial charge < -0.3 is 39.4 Å². The van der Waals surface area contributed by atoms with Crippen LogP contribution in [-0.4, -0.2) is 67.5 Å². The molecule has 2 aliphatic heterocycles. The number of hydrogen-bond donors (Lipinski definition) is 3. The van der Waals surface area contributed by atoms with Crippen LogP contribution >= 0.6 is 0 Å². The van der Waals surface area contributed by atoms with Crippen LogP contribution in [0, 0.1) is 0 Å². The fourth-order valence-electron chi connectivity index (χ4n) is 4.65. The van der Waals surface area contributed by atoms with Gasteiger partial charge in [-0.2, -0.15) is 0 Å². The molecule has 0 saturated carbocycles. The number of nitrogens with one attached hydrogen (secondary N) is 2. The van der Waals surface area contributed by atoms with Gasteiger partial charge >= 0.3 is 6.09 Å². The highest BCUT2D eigenvalue weighted by Crippen LogP contribution is 2.34. The second kappa shape index (κ2) is 14.9. The molecule has 39 heavy (non-hydrogen) atoms. The molecule has 0 bridgehead atoms. The highest BCUT2D eigenvalue weighted by molar-refractivity contribution is 5.73. The van der Waals surface area contributed by atoms with Crippen LogP contribution in [0.2, 0.25) is 0 Å². The molecule has 3 N–H and O–H groups in total. The van der Waals surface area contributed by atoms with Crippen LogP contribution < -0.4 is 10.6 Å². The summed E-state index contributed by atoms with van der Waals surface area (Å²) in [5.41, 5.74) is 1.79. The Morgan fingerprint density at radius 3 is 2.44 bits per heavy atom. The number of fused-ring (bicyclic) bond motifs is 1. The summed E-state index contributed by atoms with van der Waals surface area (Å²) in [5.74, 6) is -0.295. The molecule has 2 aromatic carbocycles. The minimum Gasteiger partial charge on any atom is -0.445 e. The van der Waals surface area contributed by atoms with Gasteiger partial charge in [-0.3, -0.25) is 4.79 Å². The van der Waals surface area contributed by atoms with Crippen LogP contribution in [0.5, 0.6) is 0 Å². The van der Waals surface area contributed by atoms with Crippen molar-refractivity contribution < 1.29 is 38.4 Å². The van der Waals surface area contributed by atoms with Gasteiger partial charge in [-0.25, -0.2) is 4.79 Å². The second-order valence-electron chi connectivity index (χ2n) is 9.71. The predicted molar refractivity (Wildman–Crippen MR) is 141 cm³/mol. The SMILES string of the molecule is CC(=O)N[C@H]1[C@H](OCCCCCCNC(=O)OCc2ccccc2)O[C@@H]2CO[C@@H](c3ccccc3)O[C@H]2[C@@H]1O. The van der Waals surface area contributed by atoms with Crippen molar-refractivity contribution in [2.45, 2.75) is 76.1 Å². The van der Waals surface area contributed by atoms with Crippen LogP contribution in [0.1, 0.15) is 50.0 Å². The molecule has 2 aromatic rings. The summed E-state index contributed by atoms with van der Waals surface area (Å²) >= 11 is 0. The summed E-state index contributed by atoms with van der Waals surface area (Å²) < 4.78 is 29.1. The number of aliphatic hydroxyl groups is 1.